The van der Waals surface area contributed by atoms with E-state index in [-0.39, 0.29) is 16.4 Å². The summed E-state index contributed by atoms with van der Waals surface area (Å²) in [6.07, 6.45) is 1.62. The molecule has 0 saturated heterocycles. The minimum atomic E-state index is -3.85. The number of nitrogens with one attached hydrogen (secondary N) is 2. The van der Waals surface area contributed by atoms with Crippen LogP contribution in [0.25, 0.3) is 10.9 Å². The summed E-state index contributed by atoms with van der Waals surface area (Å²) in [7, 11) is 0.449. The Balaban J connectivity index is 2.01. The van der Waals surface area contributed by atoms with Gasteiger partial charge in [0.2, 0.25) is 5.75 Å². The van der Waals surface area contributed by atoms with Crippen LogP contribution in [0.1, 0.15) is 0 Å². The van der Waals surface area contributed by atoms with Gasteiger partial charge in [-0.2, -0.15) is 5.10 Å². The number of H-pyrrole nitrogens is 1. The molecular weight excluding hydrogens is 346 g/mol. The highest BCUT2D eigenvalue weighted by atomic mass is 32.2. The van der Waals surface area contributed by atoms with E-state index >= 15 is 0 Å². The smallest absolute Gasteiger partial charge is 0.262 e. The summed E-state index contributed by atoms with van der Waals surface area (Å²) in [6, 6.07) is 7.83. The Morgan fingerprint density at radius 2 is 1.68 bits per heavy atom. The molecule has 3 rings (SSSR count). The number of ether oxygens (including phenoxy) is 3. The van der Waals surface area contributed by atoms with E-state index in [2.05, 4.69) is 14.9 Å². The van der Waals surface area contributed by atoms with Gasteiger partial charge in [-0.05, 0) is 18.2 Å². The van der Waals surface area contributed by atoms with Crippen LogP contribution in [0.4, 0.5) is 5.69 Å². The van der Waals surface area contributed by atoms with Crippen molar-refractivity contribution in [3.63, 3.8) is 0 Å². The predicted octanol–water partition coefficient (Wildman–Crippen LogP) is 2.39. The molecule has 132 valence electrons. The molecule has 1 heterocycles. The highest BCUT2D eigenvalue weighted by Crippen LogP contribution is 2.39. The van der Waals surface area contributed by atoms with Gasteiger partial charge < -0.3 is 14.2 Å². The monoisotopic (exact) mass is 363 g/mol. The van der Waals surface area contributed by atoms with Gasteiger partial charge in [-0.25, -0.2) is 8.42 Å². The van der Waals surface area contributed by atoms with Crippen LogP contribution in [0.2, 0.25) is 0 Å². The van der Waals surface area contributed by atoms with Crippen molar-refractivity contribution in [2.45, 2.75) is 4.90 Å². The number of sulfonamides is 1. The van der Waals surface area contributed by atoms with Crippen molar-refractivity contribution in [2.24, 2.45) is 0 Å². The summed E-state index contributed by atoms with van der Waals surface area (Å²) < 4.78 is 43.6. The number of hydrogen-bond acceptors (Lipinski definition) is 6. The molecule has 2 aromatic carbocycles. The number of aromatic amines is 1. The van der Waals surface area contributed by atoms with Crippen LogP contribution in [-0.2, 0) is 10.0 Å². The number of rotatable bonds is 6. The van der Waals surface area contributed by atoms with Crippen molar-refractivity contribution < 1.29 is 22.6 Å². The third-order valence-electron chi connectivity index (χ3n) is 3.64. The topological polar surface area (TPSA) is 103 Å². The van der Waals surface area contributed by atoms with Gasteiger partial charge in [-0.1, -0.05) is 0 Å². The first-order valence-electron chi connectivity index (χ1n) is 7.24. The van der Waals surface area contributed by atoms with Crippen LogP contribution in [0.15, 0.2) is 41.4 Å². The molecule has 25 heavy (non-hydrogen) atoms. The van der Waals surface area contributed by atoms with E-state index in [1.165, 1.54) is 33.5 Å². The summed E-state index contributed by atoms with van der Waals surface area (Å²) in [5.74, 6) is 0.837. The molecule has 0 aliphatic heterocycles. The molecule has 0 aliphatic carbocycles. The van der Waals surface area contributed by atoms with Crippen LogP contribution in [0.3, 0.4) is 0 Å². The molecule has 1 aromatic heterocycles. The zero-order valence-corrected chi connectivity index (χ0v) is 14.7. The van der Waals surface area contributed by atoms with E-state index in [1.807, 2.05) is 0 Å². The fourth-order valence-electron chi connectivity index (χ4n) is 2.43. The maximum absolute atomic E-state index is 12.7. The fourth-order valence-corrected chi connectivity index (χ4v) is 3.51. The third kappa shape index (κ3) is 3.18. The summed E-state index contributed by atoms with van der Waals surface area (Å²) in [5, 5.41) is 7.52. The highest BCUT2D eigenvalue weighted by molar-refractivity contribution is 7.92. The molecule has 0 aliphatic rings. The van der Waals surface area contributed by atoms with Crippen molar-refractivity contribution in [1.29, 1.82) is 0 Å². The number of fused-ring (bicyclic) bond motifs is 1. The van der Waals surface area contributed by atoms with Crippen molar-refractivity contribution in [2.75, 3.05) is 26.1 Å². The van der Waals surface area contributed by atoms with Crippen molar-refractivity contribution in [3.8, 4) is 17.2 Å². The molecule has 3 aromatic rings. The molecule has 0 spiro atoms. The molecule has 0 unspecified atom stereocenters. The van der Waals surface area contributed by atoms with Gasteiger partial charge in [0.1, 0.15) is 0 Å². The molecule has 0 atom stereocenters. The molecule has 9 heteroatoms. The second-order valence-electron chi connectivity index (χ2n) is 5.14. The summed E-state index contributed by atoms with van der Waals surface area (Å²) in [5.41, 5.74) is 1.23. The van der Waals surface area contributed by atoms with Crippen LogP contribution in [-0.4, -0.2) is 39.9 Å². The van der Waals surface area contributed by atoms with Crippen molar-refractivity contribution >= 4 is 26.6 Å². The lowest BCUT2D eigenvalue weighted by atomic mass is 10.2. The SMILES string of the molecule is COc1cc(S(=O)(=O)Nc2ccc3[nH]ncc3c2)cc(OC)c1OC. The Labute approximate surface area is 144 Å². The number of nitrogens with zero attached hydrogens (tertiary/aromatic N) is 1. The molecule has 8 nitrogen and oxygen atoms in total. The summed E-state index contributed by atoms with van der Waals surface area (Å²) in [4.78, 5) is -0.00529. The van der Waals surface area contributed by atoms with E-state index in [9.17, 15) is 8.42 Å². The largest absolute Gasteiger partial charge is 0.493 e. The lowest BCUT2D eigenvalue weighted by molar-refractivity contribution is 0.323. The van der Waals surface area contributed by atoms with Crippen molar-refractivity contribution in [1.82, 2.24) is 10.2 Å². The molecule has 0 fully saturated rings. The molecule has 0 radical (unpaired) electrons. The Morgan fingerprint density at radius 1 is 1.00 bits per heavy atom. The summed E-state index contributed by atoms with van der Waals surface area (Å²) >= 11 is 0. The number of benzene rings is 2. The molecule has 0 bridgehead atoms. The normalized spacial score (nSPS) is 11.3. The van der Waals surface area contributed by atoms with Gasteiger partial charge in [0.05, 0.1) is 37.9 Å². The first-order chi connectivity index (χ1) is 12.0. The zero-order valence-electron chi connectivity index (χ0n) is 13.9. The van der Waals surface area contributed by atoms with E-state index in [0.29, 0.717) is 11.4 Å². The Bertz CT molecular complexity index is 989. The number of anilines is 1. The second-order valence-corrected chi connectivity index (χ2v) is 6.82. The predicted molar refractivity (Wildman–Crippen MR) is 93.0 cm³/mol. The Kier molecular flexibility index (Phi) is 4.41. The average molecular weight is 363 g/mol. The van der Waals surface area contributed by atoms with Crippen molar-refractivity contribution in [3.05, 3.63) is 36.5 Å². The van der Waals surface area contributed by atoms with Crippen LogP contribution < -0.4 is 18.9 Å². The third-order valence-corrected chi connectivity index (χ3v) is 5.00. The standard InChI is InChI=1S/C16H17N3O5S/c1-22-14-7-12(8-15(23-2)16(14)24-3)25(20,21)19-11-4-5-13-10(6-11)9-17-18-13/h4-9,19H,1-3H3,(H,17,18). The van der Waals surface area contributed by atoms with Crippen LogP contribution >= 0.6 is 0 Å². The quantitative estimate of drug-likeness (QED) is 0.697. The van der Waals surface area contributed by atoms with Gasteiger partial charge in [0, 0.05) is 23.2 Å². The molecule has 0 saturated carbocycles. The number of hydrogen-bond donors (Lipinski definition) is 2. The van der Waals surface area contributed by atoms with E-state index in [4.69, 9.17) is 14.2 Å². The van der Waals surface area contributed by atoms with Gasteiger partial charge >= 0.3 is 0 Å². The van der Waals surface area contributed by atoms with E-state index in [0.717, 1.165) is 10.9 Å². The lowest BCUT2D eigenvalue weighted by Gasteiger charge is -2.15. The average Bonchev–Trinajstić information content (AvgIpc) is 3.07. The first kappa shape index (κ1) is 16.9. The van der Waals surface area contributed by atoms with Crippen LogP contribution in [0.5, 0.6) is 17.2 Å². The zero-order chi connectivity index (χ0) is 18.0. The minimum Gasteiger partial charge on any atom is -0.493 e. The van der Waals surface area contributed by atoms with E-state index < -0.39 is 10.0 Å². The fraction of sp³-hybridized carbons (Fsp3) is 0.188. The molecular formula is C16H17N3O5S. The molecule has 2 N–H and O–H groups in total. The maximum Gasteiger partial charge on any atom is 0.262 e. The molecule has 0 amide bonds. The van der Waals surface area contributed by atoms with Gasteiger partial charge in [-0.15, -0.1) is 0 Å². The second kappa shape index (κ2) is 6.52. The highest BCUT2D eigenvalue weighted by Gasteiger charge is 2.21. The van der Waals surface area contributed by atoms with Gasteiger partial charge in [0.15, 0.2) is 11.5 Å². The van der Waals surface area contributed by atoms with Crippen LogP contribution in [0, 0.1) is 0 Å². The first-order valence-corrected chi connectivity index (χ1v) is 8.73. The Hall–Kier alpha value is -2.94. The van der Waals surface area contributed by atoms with Gasteiger partial charge in [0.25, 0.3) is 10.0 Å². The Morgan fingerprint density at radius 3 is 2.28 bits per heavy atom. The minimum absolute atomic E-state index is 0.00529. The van der Waals surface area contributed by atoms with Gasteiger partial charge in [-0.3, -0.25) is 9.82 Å². The maximum atomic E-state index is 12.7. The number of methoxy groups -OCH3 is 3. The summed E-state index contributed by atoms with van der Waals surface area (Å²) in [6.45, 7) is 0. The van der Waals surface area contributed by atoms with E-state index in [1.54, 1.807) is 24.4 Å². The number of aromatic nitrogens is 2. The lowest BCUT2D eigenvalue weighted by Crippen LogP contribution is -2.13.